The number of likely N-dealkylation sites (tertiary alicyclic amines) is 1. The molecule has 2 aromatic rings. The lowest BCUT2D eigenvalue weighted by molar-refractivity contribution is -0.131. The van der Waals surface area contributed by atoms with E-state index in [1.807, 2.05) is 78.5 Å². The molecule has 36 heavy (non-hydrogen) atoms. The predicted molar refractivity (Wildman–Crippen MR) is 146 cm³/mol. The summed E-state index contributed by atoms with van der Waals surface area (Å²) in [5.74, 6) is 1.92. The van der Waals surface area contributed by atoms with Crippen LogP contribution in [0, 0.1) is 0 Å². The predicted octanol–water partition coefficient (Wildman–Crippen LogP) is 3.81. The highest BCUT2D eigenvalue weighted by Crippen LogP contribution is 2.21. The molecular formula is C29H37N5O2. The molecule has 1 aliphatic heterocycles. The maximum absolute atomic E-state index is 12.8. The van der Waals surface area contributed by atoms with Gasteiger partial charge in [-0.05, 0) is 55.3 Å². The summed E-state index contributed by atoms with van der Waals surface area (Å²) in [5, 5.41) is 17.0. The zero-order valence-corrected chi connectivity index (χ0v) is 21.3. The van der Waals surface area contributed by atoms with Crippen LogP contribution in [0.3, 0.4) is 0 Å². The number of para-hydroxylation sites is 1. The average molecular weight is 488 g/mol. The number of carbonyl (C=O) groups excluding carboxylic acids is 1. The molecule has 1 heterocycles. The Balaban J connectivity index is 1.72. The van der Waals surface area contributed by atoms with Crippen LogP contribution in [0.5, 0.6) is 5.75 Å². The first-order valence-corrected chi connectivity index (χ1v) is 12.3. The maximum atomic E-state index is 12.8. The smallest absolute Gasteiger partial charge is 0.226 e. The van der Waals surface area contributed by atoms with Crippen LogP contribution in [0.2, 0.25) is 0 Å². The van der Waals surface area contributed by atoms with Crippen LogP contribution in [0.4, 0.5) is 0 Å². The Labute approximate surface area is 214 Å². The number of aliphatic imine (C=N–C) groups is 1. The molecule has 0 saturated carbocycles. The molecule has 190 valence electrons. The van der Waals surface area contributed by atoms with Gasteiger partial charge < -0.3 is 25.5 Å². The molecule has 1 fully saturated rings. The SMILES string of the molecule is C=C/C(NC)=C(/N=C)N(C)/C(=C\Cc1ccccc1O)NC1CCN(C(=O)Cc2ccccc2)CC1. The lowest BCUT2D eigenvalue weighted by Gasteiger charge is -2.35. The standard InChI is InChI=1S/C29H37N5O2/c1-5-25(30-2)29(31-3)33(4)27(16-15-23-13-9-10-14-26(23)35)32-24-17-19-34(20-18-24)28(36)21-22-11-7-6-8-12-22/h5-14,16,24,30,32,35H,1,3,15,17-21H2,2,4H3/b27-16-,29-25+. The second-order valence-corrected chi connectivity index (χ2v) is 8.79. The van der Waals surface area contributed by atoms with Crippen molar-refractivity contribution in [3.8, 4) is 5.75 Å². The molecule has 2 aromatic carbocycles. The summed E-state index contributed by atoms with van der Waals surface area (Å²) in [4.78, 5) is 20.9. The minimum Gasteiger partial charge on any atom is -0.508 e. The van der Waals surface area contributed by atoms with Gasteiger partial charge in [-0.15, -0.1) is 0 Å². The summed E-state index contributed by atoms with van der Waals surface area (Å²) in [5.41, 5.74) is 2.63. The fourth-order valence-electron chi connectivity index (χ4n) is 4.34. The fourth-order valence-corrected chi connectivity index (χ4v) is 4.34. The number of hydrogen-bond acceptors (Lipinski definition) is 6. The van der Waals surface area contributed by atoms with E-state index < -0.39 is 0 Å². The number of phenolic OH excluding ortho intramolecular Hbond substituents is 1. The van der Waals surface area contributed by atoms with E-state index in [0.29, 0.717) is 31.8 Å². The molecular weight excluding hydrogens is 450 g/mol. The first-order valence-electron chi connectivity index (χ1n) is 12.3. The molecule has 0 spiro atoms. The number of amides is 1. The van der Waals surface area contributed by atoms with Crippen LogP contribution in [0.1, 0.15) is 24.0 Å². The van der Waals surface area contributed by atoms with Crippen molar-refractivity contribution in [1.82, 2.24) is 20.4 Å². The zero-order chi connectivity index (χ0) is 25.9. The number of likely N-dealkylation sites (N-methyl/N-ethyl adjacent to an activating group) is 1. The van der Waals surface area contributed by atoms with Crippen molar-refractivity contribution in [2.45, 2.75) is 31.7 Å². The fraction of sp³-hybridized carbons (Fsp3) is 0.310. The van der Waals surface area contributed by atoms with Crippen LogP contribution in [-0.2, 0) is 17.6 Å². The van der Waals surface area contributed by atoms with Crippen molar-refractivity contribution in [1.29, 1.82) is 0 Å². The van der Waals surface area contributed by atoms with Crippen molar-refractivity contribution < 1.29 is 9.90 Å². The average Bonchev–Trinajstić information content (AvgIpc) is 2.91. The lowest BCUT2D eigenvalue weighted by atomic mass is 10.0. The highest BCUT2D eigenvalue weighted by Gasteiger charge is 2.24. The minimum absolute atomic E-state index is 0.165. The zero-order valence-electron chi connectivity index (χ0n) is 21.3. The molecule has 0 unspecified atom stereocenters. The summed E-state index contributed by atoms with van der Waals surface area (Å²) in [6, 6.07) is 17.4. The minimum atomic E-state index is 0.165. The van der Waals surface area contributed by atoms with Gasteiger partial charge >= 0.3 is 0 Å². The van der Waals surface area contributed by atoms with Gasteiger partial charge in [-0.2, -0.15) is 0 Å². The van der Waals surface area contributed by atoms with Gasteiger partial charge in [-0.25, -0.2) is 4.99 Å². The molecule has 1 aliphatic rings. The summed E-state index contributed by atoms with van der Waals surface area (Å²) in [7, 11) is 3.74. The lowest BCUT2D eigenvalue weighted by Crippen LogP contribution is -2.46. The van der Waals surface area contributed by atoms with Crippen LogP contribution in [0.25, 0.3) is 0 Å². The summed E-state index contributed by atoms with van der Waals surface area (Å²) < 4.78 is 0. The Morgan fingerprint density at radius 1 is 1.17 bits per heavy atom. The van der Waals surface area contributed by atoms with Crippen molar-refractivity contribution in [3.05, 3.63) is 102 Å². The van der Waals surface area contributed by atoms with Crippen LogP contribution in [-0.4, -0.2) is 60.8 Å². The number of carbonyl (C=O) groups is 1. The topological polar surface area (TPSA) is 80.2 Å². The third kappa shape index (κ3) is 7.01. The second-order valence-electron chi connectivity index (χ2n) is 8.79. The van der Waals surface area contributed by atoms with Crippen LogP contribution in [0.15, 0.2) is 95.7 Å². The second kappa shape index (κ2) is 13.2. The maximum Gasteiger partial charge on any atom is 0.226 e. The Hall–Kier alpha value is -4.00. The van der Waals surface area contributed by atoms with Crippen molar-refractivity contribution >= 4 is 12.6 Å². The molecule has 3 N–H and O–H groups in total. The Morgan fingerprint density at radius 3 is 2.44 bits per heavy atom. The number of allylic oxidation sites excluding steroid dienone is 2. The largest absolute Gasteiger partial charge is 0.508 e. The molecule has 0 aromatic heterocycles. The number of aromatic hydroxyl groups is 1. The summed E-state index contributed by atoms with van der Waals surface area (Å²) in [6.07, 6.45) is 6.40. The number of rotatable bonds is 11. The third-order valence-corrected chi connectivity index (χ3v) is 6.45. The van der Waals surface area contributed by atoms with E-state index >= 15 is 0 Å². The molecule has 0 bridgehead atoms. The van der Waals surface area contributed by atoms with E-state index in [0.717, 1.165) is 35.5 Å². The Bertz CT molecular complexity index is 1100. The van der Waals surface area contributed by atoms with Gasteiger partial charge in [0.1, 0.15) is 11.6 Å². The van der Waals surface area contributed by atoms with E-state index in [9.17, 15) is 9.90 Å². The van der Waals surface area contributed by atoms with Crippen LogP contribution >= 0.6 is 0 Å². The van der Waals surface area contributed by atoms with Gasteiger partial charge in [0.25, 0.3) is 0 Å². The Kier molecular flexibility index (Phi) is 9.74. The molecule has 1 saturated heterocycles. The number of phenols is 1. The molecule has 0 radical (unpaired) electrons. The van der Waals surface area contributed by atoms with E-state index in [-0.39, 0.29) is 17.7 Å². The number of benzene rings is 2. The normalized spacial score (nSPS) is 15.1. The van der Waals surface area contributed by atoms with E-state index in [2.05, 4.69) is 28.9 Å². The van der Waals surface area contributed by atoms with Gasteiger partial charge in [0.05, 0.1) is 12.1 Å². The highest BCUT2D eigenvalue weighted by molar-refractivity contribution is 5.78. The summed E-state index contributed by atoms with van der Waals surface area (Å²) >= 11 is 0. The van der Waals surface area contributed by atoms with Gasteiger partial charge in [-0.3, -0.25) is 4.79 Å². The van der Waals surface area contributed by atoms with E-state index in [4.69, 9.17) is 0 Å². The van der Waals surface area contributed by atoms with Gasteiger partial charge in [0.2, 0.25) is 5.91 Å². The molecule has 3 rings (SSSR count). The monoisotopic (exact) mass is 487 g/mol. The van der Waals surface area contributed by atoms with Gasteiger partial charge in [0, 0.05) is 33.2 Å². The number of nitrogens with zero attached hydrogens (tertiary/aromatic N) is 3. The number of nitrogens with one attached hydrogen (secondary N) is 2. The van der Waals surface area contributed by atoms with Crippen molar-refractivity contribution in [2.24, 2.45) is 4.99 Å². The first kappa shape index (κ1) is 26.6. The number of piperidine rings is 1. The van der Waals surface area contributed by atoms with E-state index in [1.54, 1.807) is 12.1 Å². The quantitative estimate of drug-likeness (QED) is 0.332. The third-order valence-electron chi connectivity index (χ3n) is 6.45. The van der Waals surface area contributed by atoms with E-state index in [1.165, 1.54) is 0 Å². The van der Waals surface area contributed by atoms with Crippen molar-refractivity contribution in [3.63, 3.8) is 0 Å². The molecule has 7 heteroatoms. The number of hydrogen-bond donors (Lipinski definition) is 3. The first-order chi connectivity index (χ1) is 17.5. The van der Waals surface area contributed by atoms with Crippen molar-refractivity contribution in [2.75, 3.05) is 27.2 Å². The Morgan fingerprint density at radius 2 is 1.83 bits per heavy atom. The van der Waals surface area contributed by atoms with Gasteiger partial charge in [-0.1, -0.05) is 55.1 Å². The molecule has 1 amide bonds. The van der Waals surface area contributed by atoms with Crippen LogP contribution < -0.4 is 10.6 Å². The van der Waals surface area contributed by atoms with Gasteiger partial charge in [0.15, 0.2) is 5.82 Å². The molecule has 0 aliphatic carbocycles. The molecule has 7 nitrogen and oxygen atoms in total. The molecule has 0 atom stereocenters. The summed E-state index contributed by atoms with van der Waals surface area (Å²) in [6.45, 7) is 9.03. The highest BCUT2D eigenvalue weighted by atomic mass is 16.3.